The lowest BCUT2D eigenvalue weighted by molar-refractivity contribution is 0.602. The zero-order valence-corrected chi connectivity index (χ0v) is 11.5. The molecule has 0 radical (unpaired) electrons. The van der Waals surface area contributed by atoms with Crippen LogP contribution in [0.25, 0.3) is 10.8 Å². The van der Waals surface area contributed by atoms with Crippen molar-refractivity contribution in [2.45, 2.75) is 18.9 Å². The SMILES string of the molecule is CC(c1ccccc1)C(N)c1cccc2ccncc12. The second-order valence-corrected chi connectivity index (χ2v) is 5.17. The second kappa shape index (κ2) is 5.43. The van der Waals surface area contributed by atoms with Crippen molar-refractivity contribution < 1.29 is 0 Å². The number of hydrogen-bond donors (Lipinski definition) is 1. The number of hydrogen-bond acceptors (Lipinski definition) is 2. The smallest absolute Gasteiger partial charge is 0.0368 e. The van der Waals surface area contributed by atoms with Crippen LogP contribution in [0, 0.1) is 0 Å². The van der Waals surface area contributed by atoms with Crippen molar-refractivity contribution in [3.8, 4) is 0 Å². The van der Waals surface area contributed by atoms with Crippen LogP contribution in [0.2, 0.25) is 0 Å². The Labute approximate surface area is 119 Å². The maximum atomic E-state index is 6.51. The molecular weight excluding hydrogens is 244 g/mol. The standard InChI is InChI=1S/C18H18N2/c1-13(14-6-3-2-4-7-14)18(19)16-9-5-8-15-10-11-20-12-17(15)16/h2-13,18H,19H2,1H3. The fourth-order valence-corrected chi connectivity index (χ4v) is 2.66. The van der Waals surface area contributed by atoms with Gasteiger partial charge < -0.3 is 5.73 Å². The van der Waals surface area contributed by atoms with Gasteiger partial charge in [0, 0.05) is 29.7 Å². The maximum Gasteiger partial charge on any atom is 0.0368 e. The molecule has 0 saturated carbocycles. The molecule has 1 aromatic heterocycles. The zero-order valence-electron chi connectivity index (χ0n) is 11.5. The van der Waals surface area contributed by atoms with Crippen molar-refractivity contribution in [2.24, 2.45) is 5.73 Å². The van der Waals surface area contributed by atoms with Gasteiger partial charge in [0.15, 0.2) is 0 Å². The Hall–Kier alpha value is -2.19. The summed E-state index contributed by atoms with van der Waals surface area (Å²) in [5.74, 6) is 0.266. The van der Waals surface area contributed by atoms with Crippen molar-refractivity contribution >= 4 is 10.8 Å². The minimum atomic E-state index is -0.0368. The summed E-state index contributed by atoms with van der Waals surface area (Å²) >= 11 is 0. The van der Waals surface area contributed by atoms with E-state index in [9.17, 15) is 0 Å². The summed E-state index contributed by atoms with van der Waals surface area (Å²) < 4.78 is 0. The third kappa shape index (κ3) is 2.30. The van der Waals surface area contributed by atoms with E-state index < -0.39 is 0 Å². The molecule has 0 fully saturated rings. The van der Waals surface area contributed by atoms with Crippen LogP contribution in [-0.4, -0.2) is 4.98 Å². The molecule has 2 heteroatoms. The van der Waals surface area contributed by atoms with Crippen molar-refractivity contribution in [1.29, 1.82) is 0 Å². The molecule has 2 nitrogen and oxygen atoms in total. The predicted molar refractivity (Wildman–Crippen MR) is 83.5 cm³/mol. The lowest BCUT2D eigenvalue weighted by Crippen LogP contribution is -2.18. The van der Waals surface area contributed by atoms with Crippen LogP contribution in [0.5, 0.6) is 0 Å². The Morgan fingerprint density at radius 3 is 2.55 bits per heavy atom. The highest BCUT2D eigenvalue weighted by molar-refractivity contribution is 5.85. The summed E-state index contributed by atoms with van der Waals surface area (Å²) in [5.41, 5.74) is 8.93. The molecule has 3 rings (SSSR count). The van der Waals surface area contributed by atoms with Crippen LogP contribution in [0.15, 0.2) is 67.0 Å². The Bertz CT molecular complexity index is 701. The Kier molecular flexibility index (Phi) is 3.48. The first-order valence-electron chi connectivity index (χ1n) is 6.90. The lowest BCUT2D eigenvalue weighted by Gasteiger charge is -2.22. The van der Waals surface area contributed by atoms with Crippen LogP contribution < -0.4 is 5.73 Å². The van der Waals surface area contributed by atoms with Crippen LogP contribution in [0.1, 0.15) is 30.0 Å². The number of nitrogens with two attached hydrogens (primary N) is 1. The predicted octanol–water partition coefficient (Wildman–Crippen LogP) is 4.04. The van der Waals surface area contributed by atoms with Gasteiger partial charge in [0.25, 0.3) is 0 Å². The number of aromatic nitrogens is 1. The van der Waals surface area contributed by atoms with E-state index in [1.165, 1.54) is 10.9 Å². The molecule has 2 N–H and O–H groups in total. The van der Waals surface area contributed by atoms with Crippen LogP contribution in [0.3, 0.4) is 0 Å². The lowest BCUT2D eigenvalue weighted by atomic mass is 9.87. The largest absolute Gasteiger partial charge is 0.323 e. The van der Waals surface area contributed by atoms with E-state index in [1.54, 1.807) is 0 Å². The highest BCUT2D eigenvalue weighted by atomic mass is 14.7. The van der Waals surface area contributed by atoms with Gasteiger partial charge in [-0.3, -0.25) is 4.98 Å². The van der Waals surface area contributed by atoms with Crippen LogP contribution in [0.4, 0.5) is 0 Å². The second-order valence-electron chi connectivity index (χ2n) is 5.17. The molecule has 0 spiro atoms. The van der Waals surface area contributed by atoms with Gasteiger partial charge in [0.2, 0.25) is 0 Å². The van der Waals surface area contributed by atoms with Gasteiger partial charge in [-0.25, -0.2) is 0 Å². The molecule has 0 amide bonds. The van der Waals surface area contributed by atoms with E-state index in [2.05, 4.69) is 54.4 Å². The fourth-order valence-electron chi connectivity index (χ4n) is 2.66. The molecule has 3 aromatic rings. The summed E-state index contributed by atoms with van der Waals surface area (Å²) in [6, 6.07) is 18.7. The molecule has 0 aliphatic heterocycles. The minimum absolute atomic E-state index is 0.0368. The molecule has 2 aromatic carbocycles. The number of fused-ring (bicyclic) bond motifs is 1. The number of benzene rings is 2. The fraction of sp³-hybridized carbons (Fsp3) is 0.167. The molecule has 2 atom stereocenters. The topological polar surface area (TPSA) is 38.9 Å². The van der Waals surface area contributed by atoms with Crippen molar-refractivity contribution in [1.82, 2.24) is 4.98 Å². The molecule has 0 bridgehead atoms. The van der Waals surface area contributed by atoms with Gasteiger partial charge in [-0.05, 0) is 22.6 Å². The number of nitrogens with zero attached hydrogens (tertiary/aromatic N) is 1. The van der Waals surface area contributed by atoms with Gasteiger partial charge in [-0.1, -0.05) is 55.5 Å². The maximum absolute atomic E-state index is 6.51. The number of pyridine rings is 1. The van der Waals surface area contributed by atoms with E-state index in [0.29, 0.717) is 0 Å². The van der Waals surface area contributed by atoms with E-state index in [-0.39, 0.29) is 12.0 Å². The summed E-state index contributed by atoms with van der Waals surface area (Å²) in [6.07, 6.45) is 3.72. The molecule has 0 aliphatic carbocycles. The quantitative estimate of drug-likeness (QED) is 0.773. The van der Waals surface area contributed by atoms with Gasteiger partial charge >= 0.3 is 0 Å². The Morgan fingerprint density at radius 1 is 0.950 bits per heavy atom. The highest BCUT2D eigenvalue weighted by Gasteiger charge is 2.18. The summed E-state index contributed by atoms with van der Waals surface area (Å²) in [6.45, 7) is 2.18. The highest BCUT2D eigenvalue weighted by Crippen LogP contribution is 2.32. The first-order valence-corrected chi connectivity index (χ1v) is 6.90. The van der Waals surface area contributed by atoms with Gasteiger partial charge in [0.1, 0.15) is 0 Å². The third-order valence-corrected chi connectivity index (χ3v) is 3.94. The van der Waals surface area contributed by atoms with Crippen molar-refractivity contribution in [3.05, 3.63) is 78.1 Å². The van der Waals surface area contributed by atoms with E-state index in [1.807, 2.05) is 24.5 Å². The summed E-state index contributed by atoms with van der Waals surface area (Å²) in [7, 11) is 0. The van der Waals surface area contributed by atoms with Gasteiger partial charge in [-0.2, -0.15) is 0 Å². The molecule has 100 valence electrons. The first-order chi connectivity index (χ1) is 9.77. The summed E-state index contributed by atoms with van der Waals surface area (Å²) in [4.78, 5) is 4.23. The first kappa shape index (κ1) is 12.8. The average Bonchev–Trinajstić information content (AvgIpc) is 2.54. The Morgan fingerprint density at radius 2 is 1.75 bits per heavy atom. The van der Waals surface area contributed by atoms with Crippen LogP contribution >= 0.6 is 0 Å². The minimum Gasteiger partial charge on any atom is -0.323 e. The van der Waals surface area contributed by atoms with Crippen LogP contribution in [-0.2, 0) is 0 Å². The average molecular weight is 262 g/mol. The molecule has 2 unspecified atom stereocenters. The molecule has 0 saturated heterocycles. The van der Waals surface area contributed by atoms with Gasteiger partial charge in [0.05, 0.1) is 0 Å². The molecule has 0 aliphatic rings. The molecule has 20 heavy (non-hydrogen) atoms. The van der Waals surface area contributed by atoms with Crippen molar-refractivity contribution in [2.75, 3.05) is 0 Å². The normalized spacial score (nSPS) is 14.1. The third-order valence-electron chi connectivity index (χ3n) is 3.94. The number of rotatable bonds is 3. The molecular formula is C18H18N2. The van der Waals surface area contributed by atoms with E-state index >= 15 is 0 Å². The van der Waals surface area contributed by atoms with Crippen molar-refractivity contribution in [3.63, 3.8) is 0 Å². The molecule has 1 heterocycles. The Balaban J connectivity index is 2.03. The summed E-state index contributed by atoms with van der Waals surface area (Å²) in [5, 5.41) is 2.33. The zero-order chi connectivity index (χ0) is 13.9. The van der Waals surface area contributed by atoms with Gasteiger partial charge in [-0.15, -0.1) is 0 Å². The van der Waals surface area contributed by atoms with E-state index in [0.717, 1.165) is 10.9 Å². The van der Waals surface area contributed by atoms with E-state index in [4.69, 9.17) is 5.73 Å². The monoisotopic (exact) mass is 262 g/mol.